The standard InChI is InChI=1S/C21H20ClFN2O2S/c1-12-5-6-13(2)19-18(12)24-21(28-19)25(11-15-4-3-9-27-15)20(26)16-8-7-14(23)10-17(16)22/h5-8,10,15H,3-4,9,11H2,1-2H3. The maximum Gasteiger partial charge on any atom is 0.261 e. The van der Waals surface area contributed by atoms with Gasteiger partial charge in [-0.3, -0.25) is 9.69 Å². The monoisotopic (exact) mass is 418 g/mol. The van der Waals surface area contributed by atoms with Crippen molar-refractivity contribution in [1.82, 2.24) is 4.98 Å². The van der Waals surface area contributed by atoms with Gasteiger partial charge in [-0.2, -0.15) is 0 Å². The number of amides is 1. The van der Waals surface area contributed by atoms with Gasteiger partial charge in [0, 0.05) is 6.61 Å². The number of anilines is 1. The van der Waals surface area contributed by atoms with Crippen LogP contribution in [0.15, 0.2) is 30.3 Å². The molecule has 0 N–H and O–H groups in total. The Kier molecular flexibility index (Phi) is 5.36. The highest BCUT2D eigenvalue weighted by Gasteiger charge is 2.28. The number of rotatable bonds is 4. The van der Waals surface area contributed by atoms with Gasteiger partial charge in [0.25, 0.3) is 5.91 Å². The van der Waals surface area contributed by atoms with E-state index in [4.69, 9.17) is 21.3 Å². The summed E-state index contributed by atoms with van der Waals surface area (Å²) >= 11 is 7.65. The summed E-state index contributed by atoms with van der Waals surface area (Å²) in [6, 6.07) is 7.92. The molecule has 1 saturated heterocycles. The molecule has 0 bridgehead atoms. The molecule has 146 valence electrons. The van der Waals surface area contributed by atoms with E-state index in [0.717, 1.165) is 40.3 Å². The van der Waals surface area contributed by atoms with Crippen LogP contribution in [0.3, 0.4) is 0 Å². The molecule has 1 unspecified atom stereocenters. The Hall–Kier alpha value is -2.02. The van der Waals surface area contributed by atoms with Gasteiger partial charge in [-0.15, -0.1) is 0 Å². The number of hydrogen-bond donors (Lipinski definition) is 0. The molecular formula is C21H20ClFN2O2S. The Morgan fingerprint density at radius 2 is 2.11 bits per heavy atom. The lowest BCUT2D eigenvalue weighted by Gasteiger charge is -2.23. The first-order valence-electron chi connectivity index (χ1n) is 9.19. The van der Waals surface area contributed by atoms with Gasteiger partial charge in [-0.25, -0.2) is 9.37 Å². The van der Waals surface area contributed by atoms with E-state index in [-0.39, 0.29) is 22.6 Å². The quantitative estimate of drug-likeness (QED) is 0.559. The summed E-state index contributed by atoms with van der Waals surface area (Å²) in [7, 11) is 0. The molecule has 1 aliphatic heterocycles. The fraction of sp³-hybridized carbons (Fsp3) is 0.333. The number of hydrogen-bond acceptors (Lipinski definition) is 4. The first-order chi connectivity index (χ1) is 13.4. The minimum atomic E-state index is -0.474. The van der Waals surface area contributed by atoms with Crippen LogP contribution in [0.1, 0.15) is 34.3 Å². The van der Waals surface area contributed by atoms with Gasteiger partial charge in [-0.1, -0.05) is 35.1 Å². The van der Waals surface area contributed by atoms with Crippen LogP contribution in [-0.4, -0.2) is 30.1 Å². The molecule has 0 radical (unpaired) electrons. The molecule has 1 aliphatic rings. The number of thiazole rings is 1. The highest BCUT2D eigenvalue weighted by atomic mass is 35.5. The van der Waals surface area contributed by atoms with Crippen molar-refractivity contribution in [2.24, 2.45) is 0 Å². The third kappa shape index (κ3) is 3.64. The van der Waals surface area contributed by atoms with Gasteiger partial charge in [0.05, 0.1) is 33.5 Å². The lowest BCUT2D eigenvalue weighted by atomic mass is 10.1. The Balaban J connectivity index is 1.78. The van der Waals surface area contributed by atoms with E-state index in [9.17, 15) is 9.18 Å². The van der Waals surface area contributed by atoms with Crippen molar-refractivity contribution >= 4 is 44.2 Å². The highest BCUT2D eigenvalue weighted by molar-refractivity contribution is 7.22. The van der Waals surface area contributed by atoms with Gasteiger partial charge in [0.15, 0.2) is 5.13 Å². The number of halogens is 2. The molecule has 4 rings (SSSR count). The number of carbonyl (C=O) groups is 1. The Morgan fingerprint density at radius 1 is 1.32 bits per heavy atom. The first kappa shape index (κ1) is 19.3. The van der Waals surface area contributed by atoms with Gasteiger partial charge in [0.1, 0.15) is 5.82 Å². The average molecular weight is 419 g/mol. The van der Waals surface area contributed by atoms with E-state index in [1.165, 1.54) is 23.5 Å². The zero-order valence-electron chi connectivity index (χ0n) is 15.7. The number of aromatic nitrogens is 1. The fourth-order valence-corrected chi connectivity index (χ4v) is 4.78. The normalized spacial score (nSPS) is 16.6. The highest BCUT2D eigenvalue weighted by Crippen LogP contribution is 2.35. The van der Waals surface area contributed by atoms with Crippen LogP contribution in [0.25, 0.3) is 10.2 Å². The second-order valence-corrected chi connectivity index (χ2v) is 8.43. The van der Waals surface area contributed by atoms with Gasteiger partial charge >= 0.3 is 0 Å². The van der Waals surface area contributed by atoms with Crippen molar-refractivity contribution in [2.45, 2.75) is 32.8 Å². The fourth-order valence-electron chi connectivity index (χ4n) is 3.41. The van der Waals surface area contributed by atoms with Crippen molar-refractivity contribution < 1.29 is 13.9 Å². The van der Waals surface area contributed by atoms with Crippen molar-refractivity contribution in [2.75, 3.05) is 18.1 Å². The summed E-state index contributed by atoms with van der Waals surface area (Å²) in [6.45, 7) is 5.13. The molecule has 3 aromatic rings. The maximum atomic E-state index is 13.5. The van der Waals surface area contributed by atoms with Crippen molar-refractivity contribution in [1.29, 1.82) is 0 Å². The smallest absolute Gasteiger partial charge is 0.261 e. The average Bonchev–Trinajstić information content (AvgIpc) is 3.32. The maximum absolute atomic E-state index is 13.5. The van der Waals surface area contributed by atoms with Crippen LogP contribution >= 0.6 is 22.9 Å². The zero-order valence-corrected chi connectivity index (χ0v) is 17.2. The number of nitrogens with zero attached hydrogens (tertiary/aromatic N) is 2. The second-order valence-electron chi connectivity index (χ2n) is 7.05. The number of benzene rings is 2. The van der Waals surface area contributed by atoms with Crippen LogP contribution in [0, 0.1) is 19.7 Å². The molecule has 1 amide bonds. The van der Waals surface area contributed by atoms with E-state index < -0.39 is 5.82 Å². The third-order valence-corrected chi connectivity index (χ3v) is 6.51. The Labute approximate surface area is 171 Å². The Bertz CT molecular complexity index is 1010. The molecule has 4 nitrogen and oxygen atoms in total. The van der Waals surface area contributed by atoms with Crippen LogP contribution in [-0.2, 0) is 4.74 Å². The molecule has 1 fully saturated rings. The summed E-state index contributed by atoms with van der Waals surface area (Å²) in [4.78, 5) is 19.7. The molecule has 0 aliphatic carbocycles. The largest absolute Gasteiger partial charge is 0.376 e. The van der Waals surface area contributed by atoms with Crippen molar-refractivity contribution in [3.63, 3.8) is 0 Å². The van der Waals surface area contributed by atoms with E-state index in [1.807, 2.05) is 19.9 Å². The lowest BCUT2D eigenvalue weighted by molar-refractivity contribution is 0.0917. The van der Waals surface area contributed by atoms with Crippen molar-refractivity contribution in [3.8, 4) is 0 Å². The zero-order chi connectivity index (χ0) is 19.8. The van der Waals surface area contributed by atoms with Crippen LogP contribution < -0.4 is 4.90 Å². The van der Waals surface area contributed by atoms with E-state index >= 15 is 0 Å². The molecule has 7 heteroatoms. The summed E-state index contributed by atoms with van der Waals surface area (Å²) in [5.41, 5.74) is 3.34. The summed E-state index contributed by atoms with van der Waals surface area (Å²) in [6.07, 6.45) is 1.82. The SMILES string of the molecule is Cc1ccc(C)c2sc(N(CC3CCCO3)C(=O)c3ccc(F)cc3Cl)nc12. The number of aryl methyl sites for hydroxylation is 2. The van der Waals surface area contributed by atoms with Crippen LogP contribution in [0.4, 0.5) is 9.52 Å². The van der Waals surface area contributed by atoms with E-state index in [0.29, 0.717) is 18.3 Å². The molecule has 0 spiro atoms. The predicted molar refractivity (Wildman–Crippen MR) is 111 cm³/mol. The summed E-state index contributed by atoms with van der Waals surface area (Å²) in [5, 5.41) is 0.698. The molecule has 0 saturated carbocycles. The molecule has 1 aromatic heterocycles. The van der Waals surface area contributed by atoms with E-state index in [2.05, 4.69) is 6.07 Å². The van der Waals surface area contributed by atoms with E-state index in [1.54, 1.807) is 4.90 Å². The summed E-state index contributed by atoms with van der Waals surface area (Å²) < 4.78 is 20.3. The van der Waals surface area contributed by atoms with Gasteiger partial charge in [0.2, 0.25) is 0 Å². The number of fused-ring (bicyclic) bond motifs is 1. The molecule has 2 heterocycles. The molecule has 1 atom stereocenters. The van der Waals surface area contributed by atoms with Gasteiger partial charge < -0.3 is 4.74 Å². The molecule has 28 heavy (non-hydrogen) atoms. The minimum Gasteiger partial charge on any atom is -0.376 e. The lowest BCUT2D eigenvalue weighted by Crippen LogP contribution is -2.37. The second kappa shape index (κ2) is 7.78. The number of carbonyl (C=O) groups excluding carboxylic acids is 1. The predicted octanol–water partition coefficient (Wildman–Crippen LogP) is 5.53. The first-order valence-corrected chi connectivity index (χ1v) is 10.4. The molecular weight excluding hydrogens is 399 g/mol. The van der Waals surface area contributed by atoms with Crippen molar-refractivity contribution in [3.05, 3.63) is 57.9 Å². The summed E-state index contributed by atoms with van der Waals surface area (Å²) in [5.74, 6) is -0.770. The van der Waals surface area contributed by atoms with Crippen LogP contribution in [0.2, 0.25) is 5.02 Å². The van der Waals surface area contributed by atoms with Gasteiger partial charge in [-0.05, 0) is 56.0 Å². The molecule has 2 aromatic carbocycles. The Morgan fingerprint density at radius 3 is 2.79 bits per heavy atom. The minimum absolute atomic E-state index is 0.0441. The third-order valence-electron chi connectivity index (χ3n) is 4.98. The van der Waals surface area contributed by atoms with Crippen LogP contribution in [0.5, 0.6) is 0 Å². The number of ether oxygens (including phenoxy) is 1. The topological polar surface area (TPSA) is 42.4 Å².